The summed E-state index contributed by atoms with van der Waals surface area (Å²) in [5, 5.41) is 13.8. The van der Waals surface area contributed by atoms with Gasteiger partial charge in [0.15, 0.2) is 5.69 Å². The summed E-state index contributed by atoms with van der Waals surface area (Å²) < 4.78 is 0. The van der Waals surface area contributed by atoms with E-state index in [1.165, 1.54) is 11.1 Å². The molecule has 2 aromatic rings. The van der Waals surface area contributed by atoms with Crippen LogP contribution >= 0.6 is 11.3 Å². The third-order valence-corrected chi connectivity index (χ3v) is 5.66. The Hall–Kier alpha value is -2.32. The quantitative estimate of drug-likeness (QED) is 0.806. The number of aromatic nitrogens is 2. The fraction of sp³-hybridized carbons (Fsp3) is 0.444. The molecule has 1 fully saturated rings. The van der Waals surface area contributed by atoms with E-state index in [1.807, 2.05) is 11.4 Å². The van der Waals surface area contributed by atoms with Gasteiger partial charge in [-0.3, -0.25) is 9.69 Å². The van der Waals surface area contributed by atoms with E-state index in [0.29, 0.717) is 6.54 Å². The van der Waals surface area contributed by atoms with Crippen molar-refractivity contribution in [1.82, 2.24) is 20.2 Å². The molecule has 1 atom stereocenters. The van der Waals surface area contributed by atoms with Gasteiger partial charge in [0.2, 0.25) is 0 Å². The largest absolute Gasteiger partial charge is 0.476 e. The summed E-state index contributed by atoms with van der Waals surface area (Å²) in [4.78, 5) is 34.5. The van der Waals surface area contributed by atoms with Gasteiger partial charge in [0.1, 0.15) is 5.69 Å². The number of hydrogen-bond donors (Lipinski definition) is 2. The number of rotatable bonds is 6. The van der Waals surface area contributed by atoms with Crippen LogP contribution in [-0.4, -0.2) is 51.5 Å². The van der Waals surface area contributed by atoms with Gasteiger partial charge in [-0.25, -0.2) is 14.8 Å². The number of likely N-dealkylation sites (tertiary alicyclic amines) is 1. The Kier molecular flexibility index (Phi) is 5.95. The van der Waals surface area contributed by atoms with Gasteiger partial charge in [0, 0.05) is 11.4 Å². The van der Waals surface area contributed by atoms with E-state index < -0.39 is 5.97 Å². The molecule has 1 amide bonds. The first kappa shape index (κ1) is 18.5. The molecule has 0 aromatic carbocycles. The van der Waals surface area contributed by atoms with E-state index in [9.17, 15) is 9.59 Å². The molecule has 0 saturated carbocycles. The molecule has 0 radical (unpaired) electrons. The van der Waals surface area contributed by atoms with Gasteiger partial charge in [-0.1, -0.05) is 13.0 Å². The molecule has 3 rings (SSSR count). The van der Waals surface area contributed by atoms with E-state index in [1.54, 1.807) is 11.3 Å². The Balaban J connectivity index is 1.65. The normalized spacial score (nSPS) is 17.0. The zero-order valence-corrected chi connectivity index (χ0v) is 15.4. The Labute approximate surface area is 156 Å². The third-order valence-electron chi connectivity index (χ3n) is 4.69. The van der Waals surface area contributed by atoms with Crippen molar-refractivity contribution in [1.29, 1.82) is 0 Å². The lowest BCUT2D eigenvalue weighted by Gasteiger charge is -2.36. The zero-order chi connectivity index (χ0) is 18.5. The van der Waals surface area contributed by atoms with Crippen molar-refractivity contribution in [2.24, 2.45) is 5.92 Å². The standard InChI is InChI=1S/C18H22N4O3S/c1-12-4-6-22(7-5-12)15(16-3-2-8-26-16)11-21-17(23)13-9-20-14(10-19-13)18(24)25/h2-3,8-10,12,15H,4-7,11H2,1H3,(H,21,23)(H,24,25). The summed E-state index contributed by atoms with van der Waals surface area (Å²) in [5.74, 6) is -0.768. The van der Waals surface area contributed by atoms with Crippen LogP contribution < -0.4 is 5.32 Å². The molecule has 3 heterocycles. The van der Waals surface area contributed by atoms with Gasteiger partial charge in [-0.15, -0.1) is 11.3 Å². The smallest absolute Gasteiger partial charge is 0.356 e. The van der Waals surface area contributed by atoms with Crippen molar-refractivity contribution in [2.75, 3.05) is 19.6 Å². The van der Waals surface area contributed by atoms with Gasteiger partial charge in [0.05, 0.1) is 18.4 Å². The number of carboxylic acid groups (broad SMARTS) is 1. The average Bonchev–Trinajstić information content (AvgIpc) is 3.17. The molecule has 0 bridgehead atoms. The van der Waals surface area contributed by atoms with Crippen molar-refractivity contribution in [2.45, 2.75) is 25.8 Å². The maximum atomic E-state index is 12.4. The van der Waals surface area contributed by atoms with Crippen LogP contribution in [0.3, 0.4) is 0 Å². The highest BCUT2D eigenvalue weighted by atomic mass is 32.1. The number of carboxylic acids is 1. The Morgan fingerprint density at radius 3 is 2.58 bits per heavy atom. The van der Waals surface area contributed by atoms with E-state index in [2.05, 4.69) is 33.2 Å². The maximum absolute atomic E-state index is 12.4. The van der Waals surface area contributed by atoms with Crippen LogP contribution in [0.4, 0.5) is 0 Å². The van der Waals surface area contributed by atoms with Gasteiger partial charge in [-0.05, 0) is 43.3 Å². The van der Waals surface area contributed by atoms with E-state index >= 15 is 0 Å². The number of piperidine rings is 1. The van der Waals surface area contributed by atoms with Crippen molar-refractivity contribution in [3.63, 3.8) is 0 Å². The highest BCUT2D eigenvalue weighted by Crippen LogP contribution is 2.29. The number of thiophene rings is 1. The maximum Gasteiger partial charge on any atom is 0.356 e. The van der Waals surface area contributed by atoms with Crippen LogP contribution in [0.15, 0.2) is 29.9 Å². The minimum absolute atomic E-state index is 0.118. The van der Waals surface area contributed by atoms with Crippen molar-refractivity contribution in [3.8, 4) is 0 Å². The molecule has 0 aliphatic carbocycles. The van der Waals surface area contributed by atoms with Gasteiger partial charge < -0.3 is 10.4 Å². The lowest BCUT2D eigenvalue weighted by atomic mass is 9.97. The summed E-state index contributed by atoms with van der Waals surface area (Å²) in [6.45, 7) is 4.80. The van der Waals surface area contributed by atoms with E-state index in [0.717, 1.165) is 38.0 Å². The average molecular weight is 374 g/mol. The Bertz CT molecular complexity index is 740. The van der Waals surface area contributed by atoms with Gasteiger partial charge in [-0.2, -0.15) is 0 Å². The van der Waals surface area contributed by atoms with Gasteiger partial charge >= 0.3 is 5.97 Å². The topological polar surface area (TPSA) is 95.4 Å². The van der Waals surface area contributed by atoms with Crippen LogP contribution in [0.5, 0.6) is 0 Å². The second-order valence-electron chi connectivity index (χ2n) is 6.55. The van der Waals surface area contributed by atoms with Crippen molar-refractivity contribution >= 4 is 23.2 Å². The number of nitrogens with one attached hydrogen (secondary N) is 1. The molecule has 1 unspecified atom stereocenters. The lowest BCUT2D eigenvalue weighted by Crippen LogP contribution is -2.41. The predicted octanol–water partition coefficient (Wildman–Crippen LogP) is 2.44. The molecule has 1 aliphatic rings. The summed E-state index contributed by atoms with van der Waals surface area (Å²) in [5.41, 5.74) is -0.0624. The second-order valence-corrected chi connectivity index (χ2v) is 7.53. The van der Waals surface area contributed by atoms with E-state index in [4.69, 9.17) is 5.11 Å². The summed E-state index contributed by atoms with van der Waals surface area (Å²) in [7, 11) is 0. The molecule has 2 aromatic heterocycles. The fourth-order valence-corrected chi connectivity index (χ4v) is 3.93. The van der Waals surface area contributed by atoms with Crippen LogP contribution in [0.1, 0.15) is 51.7 Å². The fourth-order valence-electron chi connectivity index (χ4n) is 3.07. The lowest BCUT2D eigenvalue weighted by molar-refractivity contribution is 0.0689. The SMILES string of the molecule is CC1CCN(C(CNC(=O)c2cnc(C(=O)O)cn2)c2cccs2)CC1. The first-order valence-electron chi connectivity index (χ1n) is 8.65. The summed E-state index contributed by atoms with van der Waals surface area (Å²) in [6, 6.07) is 4.26. The monoisotopic (exact) mass is 374 g/mol. The minimum Gasteiger partial charge on any atom is -0.476 e. The number of nitrogens with zero attached hydrogens (tertiary/aromatic N) is 3. The molecular weight excluding hydrogens is 352 g/mol. The van der Waals surface area contributed by atoms with Crippen LogP contribution in [0, 0.1) is 5.92 Å². The molecule has 0 spiro atoms. The number of amides is 1. The number of hydrogen-bond acceptors (Lipinski definition) is 6. The second kappa shape index (κ2) is 8.37. The molecule has 1 aliphatic heterocycles. The predicted molar refractivity (Wildman–Crippen MR) is 98.4 cm³/mol. The first-order valence-corrected chi connectivity index (χ1v) is 9.53. The van der Waals surface area contributed by atoms with Crippen LogP contribution in [0.2, 0.25) is 0 Å². The number of carbonyl (C=O) groups excluding carboxylic acids is 1. The molecule has 1 saturated heterocycles. The molecule has 7 nitrogen and oxygen atoms in total. The number of carbonyl (C=O) groups is 2. The molecule has 8 heteroatoms. The van der Waals surface area contributed by atoms with Crippen molar-refractivity contribution < 1.29 is 14.7 Å². The molecule has 138 valence electrons. The Morgan fingerprint density at radius 1 is 1.31 bits per heavy atom. The minimum atomic E-state index is -1.17. The molecule has 26 heavy (non-hydrogen) atoms. The zero-order valence-electron chi connectivity index (χ0n) is 14.6. The molecular formula is C18H22N4O3S. The number of aromatic carboxylic acids is 1. The summed E-state index contributed by atoms with van der Waals surface area (Å²) in [6.07, 6.45) is 4.62. The van der Waals surface area contributed by atoms with Gasteiger partial charge in [0.25, 0.3) is 5.91 Å². The highest BCUT2D eigenvalue weighted by molar-refractivity contribution is 7.10. The van der Waals surface area contributed by atoms with Crippen molar-refractivity contribution in [3.05, 3.63) is 46.2 Å². The third kappa shape index (κ3) is 4.44. The summed E-state index contributed by atoms with van der Waals surface area (Å²) >= 11 is 1.69. The highest BCUT2D eigenvalue weighted by Gasteiger charge is 2.26. The van der Waals surface area contributed by atoms with E-state index in [-0.39, 0.29) is 23.3 Å². The Morgan fingerprint density at radius 2 is 2.00 bits per heavy atom. The van der Waals surface area contributed by atoms with Crippen LogP contribution in [0.25, 0.3) is 0 Å². The molecule has 2 N–H and O–H groups in total. The van der Waals surface area contributed by atoms with Crippen LogP contribution in [-0.2, 0) is 0 Å². The first-order chi connectivity index (χ1) is 12.5.